The number of ether oxygens (including phenoxy) is 1. The lowest BCUT2D eigenvalue weighted by Gasteiger charge is -2.27. The first-order chi connectivity index (χ1) is 10.5. The number of amides is 2. The number of carbonyl (C=O) groups excluding carboxylic acids is 2. The summed E-state index contributed by atoms with van der Waals surface area (Å²) in [5, 5.41) is 16.2. The van der Waals surface area contributed by atoms with Crippen molar-refractivity contribution in [2.24, 2.45) is 0 Å². The number of nitrogens with one attached hydrogen (secondary N) is 2. The zero-order valence-corrected chi connectivity index (χ0v) is 12.1. The highest BCUT2D eigenvalue weighted by Crippen LogP contribution is 2.33. The Morgan fingerprint density at radius 2 is 2.09 bits per heavy atom. The predicted molar refractivity (Wildman–Crippen MR) is 76.8 cm³/mol. The molecule has 0 aliphatic carbocycles. The van der Waals surface area contributed by atoms with Gasteiger partial charge < -0.3 is 15.4 Å². The van der Waals surface area contributed by atoms with E-state index < -0.39 is 23.0 Å². The normalized spacial score (nSPS) is 17.5. The first kappa shape index (κ1) is 15.5. The highest BCUT2D eigenvalue weighted by Gasteiger charge is 2.35. The number of hydrogen-bond donors (Lipinski definition) is 2. The van der Waals surface area contributed by atoms with Gasteiger partial charge in [-0.15, -0.1) is 0 Å². The van der Waals surface area contributed by atoms with Crippen LogP contribution in [0, 0.1) is 10.1 Å². The van der Waals surface area contributed by atoms with Crippen LogP contribution in [-0.4, -0.2) is 23.5 Å². The molecule has 1 atom stereocenters. The molecule has 0 saturated carbocycles. The molecule has 0 radical (unpaired) electrons. The summed E-state index contributed by atoms with van der Waals surface area (Å²) in [5.41, 5.74) is 0.509. The number of nitro benzene ring substituents is 1. The molecule has 22 heavy (non-hydrogen) atoms. The second-order valence-corrected chi connectivity index (χ2v) is 4.61. The Bertz CT molecular complexity index is 668. The zero-order chi connectivity index (χ0) is 16.3. The van der Waals surface area contributed by atoms with Crippen molar-refractivity contribution in [3.8, 4) is 0 Å². The molecule has 2 rings (SSSR count). The van der Waals surface area contributed by atoms with Gasteiger partial charge in [0.25, 0.3) is 5.69 Å². The molecule has 1 aliphatic heterocycles. The fraction of sp³-hybridized carbons (Fsp3) is 0.286. The van der Waals surface area contributed by atoms with Gasteiger partial charge in [-0.05, 0) is 19.9 Å². The van der Waals surface area contributed by atoms with Crippen molar-refractivity contribution in [1.82, 2.24) is 10.6 Å². The minimum absolute atomic E-state index is 0.149. The molecule has 0 aromatic heterocycles. The van der Waals surface area contributed by atoms with E-state index in [0.717, 1.165) is 0 Å². The van der Waals surface area contributed by atoms with Crippen LogP contribution < -0.4 is 10.6 Å². The summed E-state index contributed by atoms with van der Waals surface area (Å²) in [6, 6.07) is 4.48. The number of esters is 1. The van der Waals surface area contributed by atoms with Gasteiger partial charge in [0.1, 0.15) is 0 Å². The Kier molecular flexibility index (Phi) is 4.40. The zero-order valence-electron chi connectivity index (χ0n) is 12.1. The molecule has 2 amide bonds. The van der Waals surface area contributed by atoms with Crippen LogP contribution in [0.25, 0.3) is 0 Å². The first-order valence-corrected chi connectivity index (χ1v) is 6.64. The van der Waals surface area contributed by atoms with E-state index in [4.69, 9.17) is 4.74 Å². The number of hydrogen-bond acceptors (Lipinski definition) is 5. The van der Waals surface area contributed by atoms with Crippen LogP contribution in [-0.2, 0) is 9.53 Å². The second-order valence-electron chi connectivity index (χ2n) is 4.61. The lowest BCUT2D eigenvalue weighted by Crippen LogP contribution is -2.45. The summed E-state index contributed by atoms with van der Waals surface area (Å²) < 4.78 is 4.98. The fourth-order valence-corrected chi connectivity index (χ4v) is 2.30. The predicted octanol–water partition coefficient (Wildman–Crippen LogP) is 1.79. The number of rotatable bonds is 4. The third-order valence-electron chi connectivity index (χ3n) is 3.21. The quantitative estimate of drug-likeness (QED) is 0.500. The molecular weight excluding hydrogens is 290 g/mol. The monoisotopic (exact) mass is 305 g/mol. The average molecular weight is 305 g/mol. The molecular formula is C14H15N3O5. The molecule has 1 aromatic carbocycles. The first-order valence-electron chi connectivity index (χ1n) is 6.64. The van der Waals surface area contributed by atoms with Crippen molar-refractivity contribution in [2.75, 3.05) is 6.61 Å². The molecule has 2 N–H and O–H groups in total. The summed E-state index contributed by atoms with van der Waals surface area (Å²) in [4.78, 5) is 34.4. The van der Waals surface area contributed by atoms with Crippen molar-refractivity contribution in [1.29, 1.82) is 0 Å². The van der Waals surface area contributed by atoms with Gasteiger partial charge >= 0.3 is 12.0 Å². The summed E-state index contributed by atoms with van der Waals surface area (Å²) in [6.07, 6.45) is 0. The van der Waals surface area contributed by atoms with Gasteiger partial charge in [-0.2, -0.15) is 0 Å². The Morgan fingerprint density at radius 3 is 2.73 bits per heavy atom. The Morgan fingerprint density at radius 1 is 1.41 bits per heavy atom. The van der Waals surface area contributed by atoms with Crippen molar-refractivity contribution >= 4 is 17.7 Å². The maximum atomic E-state index is 12.1. The summed E-state index contributed by atoms with van der Waals surface area (Å²) in [6.45, 7) is 3.36. The standard InChI is InChI=1S/C14H15N3O5/c1-3-22-13(18)11-8(2)15-14(19)16-12(11)9-6-4-5-7-10(9)17(20)21/h4-7,12H,3H2,1-2H3,(H2,15,16,19). The SMILES string of the molecule is CCOC(=O)C1=C(C)NC(=O)NC1c1ccccc1[N+](=O)[O-]. The number of nitro groups is 1. The molecule has 0 saturated heterocycles. The molecule has 0 spiro atoms. The van der Waals surface area contributed by atoms with E-state index in [1.807, 2.05) is 0 Å². The molecule has 8 nitrogen and oxygen atoms in total. The number of nitrogens with zero attached hydrogens (tertiary/aromatic N) is 1. The van der Waals surface area contributed by atoms with Gasteiger partial charge in [0.05, 0.1) is 28.7 Å². The van der Waals surface area contributed by atoms with Gasteiger partial charge in [0, 0.05) is 11.8 Å². The Hall–Kier alpha value is -2.90. The summed E-state index contributed by atoms with van der Waals surface area (Å²) >= 11 is 0. The molecule has 116 valence electrons. The van der Waals surface area contributed by atoms with Crippen molar-refractivity contribution in [2.45, 2.75) is 19.9 Å². The number of allylic oxidation sites excluding steroid dienone is 1. The van der Waals surface area contributed by atoms with E-state index in [9.17, 15) is 19.7 Å². The summed E-state index contributed by atoms with van der Waals surface area (Å²) in [7, 11) is 0. The van der Waals surface area contributed by atoms with Crippen molar-refractivity contribution in [3.63, 3.8) is 0 Å². The van der Waals surface area contributed by atoms with Crippen LogP contribution in [0.3, 0.4) is 0 Å². The molecule has 0 fully saturated rings. The summed E-state index contributed by atoms with van der Waals surface area (Å²) in [5.74, 6) is -0.629. The maximum Gasteiger partial charge on any atom is 0.338 e. The number of para-hydroxylation sites is 1. The van der Waals surface area contributed by atoms with E-state index in [2.05, 4.69) is 10.6 Å². The van der Waals surface area contributed by atoms with Crippen LogP contribution in [0.1, 0.15) is 25.5 Å². The van der Waals surface area contributed by atoms with Crippen molar-refractivity contribution < 1.29 is 19.2 Å². The van der Waals surface area contributed by atoms with E-state index in [1.165, 1.54) is 18.2 Å². The van der Waals surface area contributed by atoms with Crippen LogP contribution in [0.4, 0.5) is 10.5 Å². The highest BCUT2D eigenvalue weighted by molar-refractivity contribution is 5.95. The van der Waals surface area contributed by atoms with Crippen LogP contribution in [0.2, 0.25) is 0 Å². The Balaban J connectivity index is 2.55. The van der Waals surface area contributed by atoms with Gasteiger partial charge in [0.2, 0.25) is 0 Å². The van der Waals surface area contributed by atoms with Gasteiger partial charge in [0.15, 0.2) is 0 Å². The molecule has 1 unspecified atom stereocenters. The minimum atomic E-state index is -0.936. The van der Waals surface area contributed by atoms with Crippen molar-refractivity contribution in [3.05, 3.63) is 51.2 Å². The molecule has 1 aliphatic rings. The lowest BCUT2D eigenvalue weighted by molar-refractivity contribution is -0.385. The largest absolute Gasteiger partial charge is 0.463 e. The molecule has 0 bridgehead atoms. The molecule has 1 aromatic rings. The van der Waals surface area contributed by atoms with Crippen LogP contribution in [0.15, 0.2) is 35.5 Å². The Labute approximate surface area is 126 Å². The number of benzene rings is 1. The van der Waals surface area contributed by atoms with E-state index in [-0.39, 0.29) is 23.4 Å². The lowest BCUT2D eigenvalue weighted by atomic mass is 9.94. The molecule has 1 heterocycles. The van der Waals surface area contributed by atoms with Crippen LogP contribution in [0.5, 0.6) is 0 Å². The second kappa shape index (κ2) is 6.25. The third kappa shape index (κ3) is 2.90. The fourth-order valence-electron chi connectivity index (χ4n) is 2.30. The minimum Gasteiger partial charge on any atom is -0.463 e. The third-order valence-corrected chi connectivity index (χ3v) is 3.21. The van der Waals surface area contributed by atoms with E-state index in [1.54, 1.807) is 19.9 Å². The smallest absolute Gasteiger partial charge is 0.338 e. The average Bonchev–Trinajstić information content (AvgIpc) is 2.46. The number of urea groups is 1. The highest BCUT2D eigenvalue weighted by atomic mass is 16.6. The van der Waals surface area contributed by atoms with Crippen LogP contribution >= 0.6 is 0 Å². The van der Waals surface area contributed by atoms with E-state index in [0.29, 0.717) is 5.70 Å². The maximum absolute atomic E-state index is 12.1. The van der Waals surface area contributed by atoms with Gasteiger partial charge in [-0.25, -0.2) is 9.59 Å². The van der Waals surface area contributed by atoms with E-state index >= 15 is 0 Å². The van der Waals surface area contributed by atoms with Gasteiger partial charge in [-0.3, -0.25) is 10.1 Å². The topological polar surface area (TPSA) is 111 Å². The molecule has 8 heteroatoms. The number of carbonyl (C=O) groups is 2. The van der Waals surface area contributed by atoms with Gasteiger partial charge in [-0.1, -0.05) is 12.1 Å².